The Kier molecular flexibility index (Phi) is 12.9. The van der Waals surface area contributed by atoms with E-state index < -0.39 is 0 Å². The third-order valence-corrected chi connectivity index (χ3v) is 10.5. The van der Waals surface area contributed by atoms with Crippen LogP contribution in [-0.2, 0) is 4.79 Å². The number of rotatable bonds is 17. The molecule has 0 spiro atoms. The number of carbonyl (C=O) groups is 3. The molecule has 3 heterocycles. The molecule has 3 aliphatic rings. The Hall–Kier alpha value is -6.93. The fourth-order valence-electron chi connectivity index (χ4n) is 7.26. The van der Waals surface area contributed by atoms with Crippen LogP contribution in [0.25, 0.3) is 11.1 Å². The van der Waals surface area contributed by atoms with Gasteiger partial charge in [0.25, 0.3) is 5.91 Å². The third-order valence-electron chi connectivity index (χ3n) is 10.5. The number of aldehydes is 1. The van der Waals surface area contributed by atoms with Crippen LogP contribution in [0.3, 0.4) is 0 Å². The Morgan fingerprint density at radius 2 is 1.52 bits per heavy atom. The zero-order chi connectivity index (χ0) is 42.2. The standard InChI is InChI=1S/C46H48N6O8/c1-47-25-45(54)50-34-11-7-29(8-12-34)31-17-35(51(2)26-31)23-48-39-21-43(41(57-4)19-33(39)28-53)59-15-6-16-60-44-22-40-38(20-42(44)58-5)46(55)52-27-32(18-36(52)24-49-40)30-9-13-37(56-3)14-10-30/h7-14,19-24,26-28,35-36,47H,6,15-18,25H2,1-5H3,(H,50,54)/b48-23-. The molecule has 3 aliphatic heterocycles. The third kappa shape index (κ3) is 9.18. The number of nitrogens with one attached hydrogen (secondary N) is 2. The zero-order valence-corrected chi connectivity index (χ0v) is 34.3. The van der Waals surface area contributed by atoms with Gasteiger partial charge in [-0.15, -0.1) is 0 Å². The molecule has 2 unspecified atom stereocenters. The maximum atomic E-state index is 13.8. The number of hydrogen-bond acceptors (Lipinski definition) is 12. The van der Waals surface area contributed by atoms with Crippen LogP contribution in [0.1, 0.15) is 51.1 Å². The van der Waals surface area contributed by atoms with Crippen molar-refractivity contribution in [3.63, 3.8) is 0 Å². The summed E-state index contributed by atoms with van der Waals surface area (Å²) >= 11 is 0. The summed E-state index contributed by atoms with van der Waals surface area (Å²) in [6, 6.07) is 22.0. The second kappa shape index (κ2) is 18.8. The van der Waals surface area contributed by atoms with Crippen molar-refractivity contribution in [3.05, 3.63) is 107 Å². The molecule has 4 aromatic carbocycles. The van der Waals surface area contributed by atoms with E-state index in [0.29, 0.717) is 64.8 Å². The van der Waals surface area contributed by atoms with Crippen molar-refractivity contribution >= 4 is 58.7 Å². The first kappa shape index (κ1) is 41.2. The Morgan fingerprint density at radius 3 is 2.18 bits per heavy atom. The van der Waals surface area contributed by atoms with E-state index >= 15 is 0 Å². The Bertz CT molecular complexity index is 2360. The second-order valence-electron chi connectivity index (χ2n) is 14.4. The second-order valence-corrected chi connectivity index (χ2v) is 14.4. The van der Waals surface area contributed by atoms with Gasteiger partial charge in [0.1, 0.15) is 5.75 Å². The van der Waals surface area contributed by atoms with E-state index in [1.807, 2.05) is 68.0 Å². The van der Waals surface area contributed by atoms with E-state index in [2.05, 4.69) is 21.7 Å². The molecule has 7 rings (SSSR count). The van der Waals surface area contributed by atoms with E-state index in [-0.39, 0.29) is 43.7 Å². The summed E-state index contributed by atoms with van der Waals surface area (Å²) in [5, 5.41) is 5.70. The first-order valence-electron chi connectivity index (χ1n) is 19.6. The SMILES string of the molecule is CNCC(=O)Nc1ccc(C2=CN(C)C(/C=N\c3cc(OCCCOc4cc5c(cc4OC)C(=O)N4C=C(c6ccc(OC)cc6)CC4C=N5)c(OC)cc3C=O)C2)cc1. The smallest absolute Gasteiger partial charge is 0.260 e. The highest BCUT2D eigenvalue weighted by atomic mass is 16.5. The van der Waals surface area contributed by atoms with Gasteiger partial charge < -0.3 is 44.1 Å². The fraction of sp³-hybridized carbons (Fsp3) is 0.283. The fourth-order valence-corrected chi connectivity index (χ4v) is 7.26. The van der Waals surface area contributed by atoms with Crippen LogP contribution >= 0.6 is 0 Å². The number of likely N-dealkylation sites (N-methyl/N-ethyl adjacent to an activating group) is 1. The van der Waals surface area contributed by atoms with Gasteiger partial charge in [0.2, 0.25) is 5.91 Å². The lowest BCUT2D eigenvalue weighted by Crippen LogP contribution is -2.32. The molecule has 0 radical (unpaired) electrons. The Labute approximate surface area is 349 Å². The molecule has 0 saturated heterocycles. The van der Waals surface area contributed by atoms with Crippen molar-refractivity contribution < 1.29 is 38.1 Å². The van der Waals surface area contributed by atoms with Crippen LogP contribution in [0.4, 0.5) is 17.1 Å². The van der Waals surface area contributed by atoms with Crippen molar-refractivity contribution in [1.29, 1.82) is 0 Å². The lowest BCUT2D eigenvalue weighted by Gasteiger charge is -2.19. The van der Waals surface area contributed by atoms with Gasteiger partial charge in [0.15, 0.2) is 29.3 Å². The summed E-state index contributed by atoms with van der Waals surface area (Å²) in [6.07, 6.45) is 10.2. The molecular weight excluding hydrogens is 765 g/mol. The number of benzene rings is 4. The largest absolute Gasteiger partial charge is 0.497 e. The average molecular weight is 813 g/mol. The number of methoxy groups -OCH3 is 3. The highest BCUT2D eigenvalue weighted by molar-refractivity contribution is 6.05. The summed E-state index contributed by atoms with van der Waals surface area (Å²) in [7, 11) is 8.39. The molecule has 2 atom stereocenters. The van der Waals surface area contributed by atoms with E-state index in [1.54, 1.807) is 49.5 Å². The van der Waals surface area contributed by atoms with E-state index in [4.69, 9.17) is 33.7 Å². The van der Waals surface area contributed by atoms with Crippen molar-refractivity contribution in [2.45, 2.75) is 31.3 Å². The molecule has 2 amide bonds. The van der Waals surface area contributed by atoms with Gasteiger partial charge in [-0.1, -0.05) is 24.3 Å². The van der Waals surface area contributed by atoms with Gasteiger partial charge in [0.05, 0.1) is 70.1 Å². The van der Waals surface area contributed by atoms with E-state index in [9.17, 15) is 14.4 Å². The minimum atomic E-state index is -0.215. The summed E-state index contributed by atoms with van der Waals surface area (Å²) < 4.78 is 28.8. The minimum Gasteiger partial charge on any atom is -0.497 e. The molecule has 0 bridgehead atoms. The van der Waals surface area contributed by atoms with Gasteiger partial charge in [-0.2, -0.15) is 0 Å². The van der Waals surface area contributed by atoms with Crippen LogP contribution in [0.2, 0.25) is 0 Å². The molecule has 14 heteroatoms. The number of nitrogens with zero attached hydrogens (tertiary/aromatic N) is 4. The van der Waals surface area contributed by atoms with Gasteiger partial charge in [-0.05, 0) is 72.1 Å². The number of ether oxygens (including phenoxy) is 5. The molecule has 310 valence electrons. The Balaban J connectivity index is 0.956. The summed E-state index contributed by atoms with van der Waals surface area (Å²) in [5.41, 5.74) is 6.72. The molecule has 60 heavy (non-hydrogen) atoms. The lowest BCUT2D eigenvalue weighted by molar-refractivity contribution is -0.115. The van der Waals surface area contributed by atoms with Crippen LogP contribution in [0.15, 0.2) is 95.2 Å². The van der Waals surface area contributed by atoms with Crippen LogP contribution in [0.5, 0.6) is 28.7 Å². The van der Waals surface area contributed by atoms with E-state index in [0.717, 1.165) is 40.0 Å². The van der Waals surface area contributed by atoms with Crippen LogP contribution in [0, 0.1) is 0 Å². The number of amides is 2. The molecule has 0 aromatic heterocycles. The first-order valence-corrected chi connectivity index (χ1v) is 19.6. The topological polar surface area (TPSA) is 153 Å². The minimum absolute atomic E-state index is 0.0427. The summed E-state index contributed by atoms with van der Waals surface area (Å²) in [5.74, 6) is 2.23. The van der Waals surface area contributed by atoms with Gasteiger partial charge in [-0.3, -0.25) is 24.4 Å². The van der Waals surface area contributed by atoms with Gasteiger partial charge in [0, 0.05) is 68.1 Å². The predicted molar refractivity (Wildman–Crippen MR) is 232 cm³/mol. The molecular formula is C46H48N6O8. The predicted octanol–water partition coefficient (Wildman–Crippen LogP) is 6.95. The maximum absolute atomic E-state index is 13.8. The summed E-state index contributed by atoms with van der Waals surface area (Å²) in [6.45, 7) is 0.801. The lowest BCUT2D eigenvalue weighted by atomic mass is 10.0. The quantitative estimate of drug-likeness (QED) is 0.0651. The number of anilines is 1. The van der Waals surface area contributed by atoms with Gasteiger partial charge in [-0.25, -0.2) is 0 Å². The van der Waals surface area contributed by atoms with Crippen molar-refractivity contribution in [1.82, 2.24) is 15.1 Å². The summed E-state index contributed by atoms with van der Waals surface area (Å²) in [4.78, 5) is 51.0. The van der Waals surface area contributed by atoms with Crippen molar-refractivity contribution in [2.24, 2.45) is 9.98 Å². The molecule has 0 aliphatic carbocycles. The molecule has 2 N–H and O–H groups in total. The normalized spacial score (nSPS) is 16.8. The molecule has 4 aromatic rings. The Morgan fingerprint density at radius 1 is 0.850 bits per heavy atom. The van der Waals surface area contributed by atoms with Gasteiger partial charge >= 0.3 is 0 Å². The van der Waals surface area contributed by atoms with Crippen molar-refractivity contribution in [3.8, 4) is 28.7 Å². The number of hydrogen-bond donors (Lipinski definition) is 2. The number of carbonyl (C=O) groups excluding carboxylic acids is 3. The molecule has 0 fully saturated rings. The highest BCUT2D eigenvalue weighted by Crippen LogP contribution is 2.40. The highest BCUT2D eigenvalue weighted by Gasteiger charge is 2.33. The average Bonchev–Trinajstić information content (AvgIpc) is 3.84. The van der Waals surface area contributed by atoms with Crippen molar-refractivity contribution in [2.75, 3.05) is 60.5 Å². The molecule has 0 saturated carbocycles. The number of fused-ring (bicyclic) bond motifs is 2. The maximum Gasteiger partial charge on any atom is 0.260 e. The monoisotopic (exact) mass is 812 g/mol. The zero-order valence-electron chi connectivity index (χ0n) is 34.3. The van der Waals surface area contributed by atoms with Crippen LogP contribution in [-0.4, -0.2) is 108 Å². The molecule has 14 nitrogen and oxygen atoms in total. The van der Waals surface area contributed by atoms with Crippen LogP contribution < -0.4 is 34.3 Å². The number of aliphatic imine (C=N–C) groups is 2. The first-order chi connectivity index (χ1) is 29.2. The van der Waals surface area contributed by atoms with E-state index in [1.165, 1.54) is 14.2 Å².